The molecule has 2 aromatic carbocycles. The summed E-state index contributed by atoms with van der Waals surface area (Å²) in [5.74, 6) is -0.779. The molecule has 1 unspecified atom stereocenters. The first-order valence-electron chi connectivity index (χ1n) is 12.6. The van der Waals surface area contributed by atoms with Crippen molar-refractivity contribution in [3.63, 3.8) is 0 Å². The van der Waals surface area contributed by atoms with Crippen LogP contribution < -0.4 is 4.74 Å². The summed E-state index contributed by atoms with van der Waals surface area (Å²) >= 11 is 0. The van der Waals surface area contributed by atoms with E-state index < -0.39 is 17.7 Å². The molecule has 0 bridgehead atoms. The summed E-state index contributed by atoms with van der Waals surface area (Å²) in [6.45, 7) is 5.50. The largest absolute Gasteiger partial charge is 0.507 e. The molecule has 4 rings (SSSR count). The van der Waals surface area contributed by atoms with Gasteiger partial charge in [0.15, 0.2) is 0 Å². The van der Waals surface area contributed by atoms with Gasteiger partial charge in [-0.15, -0.1) is 0 Å². The molecule has 36 heavy (non-hydrogen) atoms. The number of aromatic nitrogens is 1. The monoisotopic (exact) mass is 490 g/mol. The van der Waals surface area contributed by atoms with Gasteiger partial charge < -0.3 is 24.5 Å². The van der Waals surface area contributed by atoms with Gasteiger partial charge in [0.1, 0.15) is 11.5 Å². The van der Waals surface area contributed by atoms with E-state index in [1.165, 1.54) is 0 Å². The van der Waals surface area contributed by atoms with Crippen molar-refractivity contribution in [3.8, 4) is 5.75 Å². The van der Waals surface area contributed by atoms with Gasteiger partial charge in [0, 0.05) is 48.0 Å². The van der Waals surface area contributed by atoms with Crippen molar-refractivity contribution in [2.45, 2.75) is 45.6 Å². The van der Waals surface area contributed by atoms with Gasteiger partial charge in [-0.3, -0.25) is 9.59 Å². The van der Waals surface area contributed by atoms with Crippen molar-refractivity contribution in [2.24, 2.45) is 0 Å². The lowest BCUT2D eigenvalue weighted by atomic mass is 9.93. The smallest absolute Gasteiger partial charge is 0.295 e. The third kappa shape index (κ3) is 5.02. The zero-order chi connectivity index (χ0) is 25.7. The zero-order valence-electron chi connectivity index (χ0n) is 21.2. The van der Waals surface area contributed by atoms with Gasteiger partial charge in [-0.25, -0.2) is 0 Å². The SMILES string of the molecule is CCCCCOc1ccc(/C(O)=C2\C(=O)C(=O)N(CCCOC)C2c2c(C)[nH]c3ccccc23)cc1. The van der Waals surface area contributed by atoms with Gasteiger partial charge in [-0.2, -0.15) is 0 Å². The van der Waals surface area contributed by atoms with Crippen molar-refractivity contribution < 1.29 is 24.2 Å². The van der Waals surface area contributed by atoms with Crippen LogP contribution in [0.1, 0.15) is 55.5 Å². The molecule has 1 aliphatic heterocycles. The summed E-state index contributed by atoms with van der Waals surface area (Å²) in [4.78, 5) is 31.4. The van der Waals surface area contributed by atoms with Crippen LogP contribution in [0.5, 0.6) is 5.75 Å². The molecule has 0 spiro atoms. The number of aromatic amines is 1. The average molecular weight is 491 g/mol. The summed E-state index contributed by atoms with van der Waals surface area (Å²) in [6.07, 6.45) is 3.78. The van der Waals surface area contributed by atoms with Gasteiger partial charge in [-0.05, 0) is 50.1 Å². The van der Waals surface area contributed by atoms with Crippen LogP contribution in [0.15, 0.2) is 54.1 Å². The van der Waals surface area contributed by atoms with Crippen LogP contribution >= 0.6 is 0 Å². The zero-order valence-corrected chi connectivity index (χ0v) is 21.2. The fraction of sp³-hybridized carbons (Fsp3) is 0.379. The number of fused-ring (bicyclic) bond motifs is 1. The first-order chi connectivity index (χ1) is 17.5. The molecule has 1 fully saturated rings. The fourth-order valence-electron chi connectivity index (χ4n) is 4.85. The maximum absolute atomic E-state index is 13.3. The fourth-order valence-corrected chi connectivity index (χ4v) is 4.85. The minimum atomic E-state index is -0.706. The number of methoxy groups -OCH3 is 1. The van der Waals surface area contributed by atoms with Gasteiger partial charge in [0.05, 0.1) is 18.2 Å². The molecule has 1 saturated heterocycles. The molecule has 1 amide bonds. The van der Waals surface area contributed by atoms with Crippen molar-refractivity contribution in [2.75, 3.05) is 26.9 Å². The topological polar surface area (TPSA) is 91.9 Å². The molecule has 7 nitrogen and oxygen atoms in total. The van der Waals surface area contributed by atoms with Crippen LogP contribution in [0, 0.1) is 6.92 Å². The lowest BCUT2D eigenvalue weighted by Crippen LogP contribution is -2.31. The molecule has 1 aliphatic rings. The van der Waals surface area contributed by atoms with Crippen molar-refractivity contribution in [1.29, 1.82) is 0 Å². The second-order valence-electron chi connectivity index (χ2n) is 9.13. The molecule has 0 saturated carbocycles. The van der Waals surface area contributed by atoms with Crippen LogP contribution in [0.25, 0.3) is 16.7 Å². The first kappa shape index (κ1) is 25.5. The number of aliphatic hydroxyl groups excluding tert-OH is 1. The number of carbonyl (C=O) groups is 2. The highest BCUT2D eigenvalue weighted by Crippen LogP contribution is 2.43. The van der Waals surface area contributed by atoms with Crippen LogP contribution in [-0.2, 0) is 14.3 Å². The maximum Gasteiger partial charge on any atom is 0.295 e. The molecule has 2 heterocycles. The number of Topliss-reactive ketones (excluding diaryl/α,β-unsaturated/α-hetero) is 1. The number of carbonyl (C=O) groups excluding carboxylic acids is 2. The predicted molar refractivity (Wildman–Crippen MR) is 140 cm³/mol. The molecular formula is C29H34N2O5. The Bertz CT molecular complexity index is 1260. The molecule has 2 N–H and O–H groups in total. The van der Waals surface area contributed by atoms with E-state index in [0.717, 1.165) is 41.4 Å². The Labute approximate surface area is 211 Å². The summed E-state index contributed by atoms with van der Waals surface area (Å²) in [7, 11) is 1.60. The van der Waals surface area contributed by atoms with Crippen molar-refractivity contribution >= 4 is 28.4 Å². The van der Waals surface area contributed by atoms with Gasteiger partial charge in [-0.1, -0.05) is 38.0 Å². The lowest BCUT2D eigenvalue weighted by molar-refractivity contribution is -0.140. The molecule has 190 valence electrons. The number of ketones is 1. The lowest BCUT2D eigenvalue weighted by Gasteiger charge is -2.25. The van der Waals surface area contributed by atoms with Crippen LogP contribution in [0.4, 0.5) is 0 Å². The standard InChI is InChI=1S/C29H34N2O5/c1-4-5-8-18-36-21-14-12-20(13-15-21)27(32)25-26(31(16-9-17-35-3)29(34)28(25)33)24-19(2)30-23-11-7-6-10-22(23)24/h6-7,10-15,26,30,32H,4-5,8-9,16-18H2,1-3H3/b27-25+. The Hall–Kier alpha value is -3.58. The number of benzene rings is 2. The molecule has 1 atom stereocenters. The van der Waals surface area contributed by atoms with E-state index in [9.17, 15) is 14.7 Å². The van der Waals surface area contributed by atoms with E-state index in [0.29, 0.717) is 37.5 Å². The number of hydrogen-bond acceptors (Lipinski definition) is 5. The summed E-state index contributed by atoms with van der Waals surface area (Å²) < 4.78 is 11.0. The second kappa shape index (κ2) is 11.4. The predicted octanol–water partition coefficient (Wildman–Crippen LogP) is 5.50. The molecule has 7 heteroatoms. The summed E-state index contributed by atoms with van der Waals surface area (Å²) in [5, 5.41) is 12.3. The Morgan fingerprint density at radius 1 is 1.03 bits per heavy atom. The number of para-hydroxylation sites is 1. The number of likely N-dealkylation sites (tertiary alicyclic amines) is 1. The number of nitrogens with one attached hydrogen (secondary N) is 1. The third-order valence-corrected chi connectivity index (χ3v) is 6.65. The average Bonchev–Trinajstić information content (AvgIpc) is 3.34. The molecule has 0 aliphatic carbocycles. The van der Waals surface area contributed by atoms with Crippen molar-refractivity contribution in [1.82, 2.24) is 9.88 Å². The highest BCUT2D eigenvalue weighted by atomic mass is 16.5. The van der Waals surface area contributed by atoms with Gasteiger partial charge in [0.25, 0.3) is 11.7 Å². The van der Waals surface area contributed by atoms with E-state index in [4.69, 9.17) is 9.47 Å². The summed E-state index contributed by atoms with van der Waals surface area (Å²) in [6, 6.07) is 14.1. The molecule has 1 aromatic heterocycles. The number of unbranched alkanes of at least 4 members (excludes halogenated alkanes) is 2. The Kier molecular flexibility index (Phi) is 8.10. The molecular weight excluding hydrogens is 456 g/mol. The number of nitrogens with zero attached hydrogens (tertiary/aromatic N) is 1. The van der Waals surface area contributed by atoms with E-state index >= 15 is 0 Å². The van der Waals surface area contributed by atoms with E-state index in [2.05, 4.69) is 11.9 Å². The van der Waals surface area contributed by atoms with Gasteiger partial charge >= 0.3 is 0 Å². The number of aryl methyl sites for hydroxylation is 1. The van der Waals surface area contributed by atoms with Crippen LogP contribution in [-0.4, -0.2) is 53.5 Å². The highest BCUT2D eigenvalue weighted by Gasteiger charge is 2.47. The highest BCUT2D eigenvalue weighted by molar-refractivity contribution is 6.46. The third-order valence-electron chi connectivity index (χ3n) is 6.65. The van der Waals surface area contributed by atoms with E-state index in [-0.39, 0.29) is 11.3 Å². The number of hydrogen-bond donors (Lipinski definition) is 2. The number of ether oxygens (including phenoxy) is 2. The Morgan fingerprint density at radius 3 is 2.50 bits per heavy atom. The minimum Gasteiger partial charge on any atom is -0.507 e. The van der Waals surface area contributed by atoms with E-state index in [1.54, 1.807) is 36.3 Å². The number of amides is 1. The first-order valence-corrected chi connectivity index (χ1v) is 12.6. The summed E-state index contributed by atoms with van der Waals surface area (Å²) in [5.41, 5.74) is 3.15. The number of rotatable bonds is 11. The number of aliphatic hydroxyl groups is 1. The van der Waals surface area contributed by atoms with Gasteiger partial charge in [0.2, 0.25) is 0 Å². The van der Waals surface area contributed by atoms with Crippen LogP contribution in [0.2, 0.25) is 0 Å². The molecule has 3 aromatic rings. The van der Waals surface area contributed by atoms with Crippen LogP contribution in [0.3, 0.4) is 0 Å². The Morgan fingerprint density at radius 2 is 1.78 bits per heavy atom. The maximum atomic E-state index is 13.3. The Balaban J connectivity index is 1.75. The second-order valence-corrected chi connectivity index (χ2v) is 9.13. The minimum absolute atomic E-state index is 0.0990. The normalized spacial score (nSPS) is 17.3. The number of H-pyrrole nitrogens is 1. The quantitative estimate of drug-likeness (QED) is 0.160. The van der Waals surface area contributed by atoms with Crippen molar-refractivity contribution in [3.05, 3.63) is 70.9 Å². The molecule has 0 radical (unpaired) electrons. The van der Waals surface area contributed by atoms with E-state index in [1.807, 2.05) is 31.2 Å².